The fourth-order valence-corrected chi connectivity index (χ4v) is 3.54. The molecule has 1 unspecified atom stereocenters. The van der Waals surface area contributed by atoms with Gasteiger partial charge in [-0.05, 0) is 44.0 Å². The van der Waals surface area contributed by atoms with Gasteiger partial charge >= 0.3 is 0 Å². The van der Waals surface area contributed by atoms with Crippen molar-refractivity contribution in [2.24, 2.45) is 5.84 Å². The SMILES string of the molecule is Cc1cc(Br)ccc1C(Cc1nc(C)c(C)s1)NN. The van der Waals surface area contributed by atoms with E-state index in [2.05, 4.69) is 52.3 Å². The average Bonchev–Trinajstić information content (AvgIpc) is 2.66. The van der Waals surface area contributed by atoms with Crippen LogP contribution in [-0.2, 0) is 6.42 Å². The number of nitrogens with one attached hydrogen (secondary N) is 1. The first-order valence-electron chi connectivity index (χ1n) is 6.16. The third-order valence-electron chi connectivity index (χ3n) is 3.26. The molecule has 1 heterocycles. The van der Waals surface area contributed by atoms with Crippen LogP contribution in [0, 0.1) is 20.8 Å². The van der Waals surface area contributed by atoms with E-state index in [-0.39, 0.29) is 6.04 Å². The van der Waals surface area contributed by atoms with E-state index in [4.69, 9.17) is 5.84 Å². The van der Waals surface area contributed by atoms with Crippen molar-refractivity contribution < 1.29 is 0 Å². The minimum Gasteiger partial charge on any atom is -0.271 e. The highest BCUT2D eigenvalue weighted by atomic mass is 79.9. The molecule has 0 bridgehead atoms. The van der Waals surface area contributed by atoms with E-state index in [1.54, 1.807) is 11.3 Å². The van der Waals surface area contributed by atoms with Crippen molar-refractivity contribution in [1.29, 1.82) is 0 Å². The summed E-state index contributed by atoms with van der Waals surface area (Å²) < 4.78 is 1.09. The lowest BCUT2D eigenvalue weighted by molar-refractivity contribution is 0.548. The standard InChI is InChI=1S/C14H18BrN3S/c1-8-6-11(15)4-5-12(8)13(18-16)7-14-17-9(2)10(3)19-14/h4-6,13,18H,7,16H2,1-3H3. The van der Waals surface area contributed by atoms with Crippen molar-refractivity contribution in [2.45, 2.75) is 33.2 Å². The van der Waals surface area contributed by atoms with Crippen molar-refractivity contribution in [3.63, 3.8) is 0 Å². The van der Waals surface area contributed by atoms with Gasteiger partial charge in [-0.25, -0.2) is 4.98 Å². The van der Waals surface area contributed by atoms with Crippen LogP contribution < -0.4 is 11.3 Å². The topological polar surface area (TPSA) is 50.9 Å². The lowest BCUT2D eigenvalue weighted by Gasteiger charge is -2.17. The third kappa shape index (κ3) is 3.42. The van der Waals surface area contributed by atoms with E-state index < -0.39 is 0 Å². The first kappa shape index (κ1) is 14.7. The summed E-state index contributed by atoms with van der Waals surface area (Å²) in [7, 11) is 0. The summed E-state index contributed by atoms with van der Waals surface area (Å²) in [5.74, 6) is 5.72. The van der Waals surface area contributed by atoms with Crippen molar-refractivity contribution in [3.05, 3.63) is 49.4 Å². The van der Waals surface area contributed by atoms with Crippen LogP contribution in [0.2, 0.25) is 0 Å². The smallest absolute Gasteiger partial charge is 0.0950 e. The zero-order chi connectivity index (χ0) is 14.0. The molecule has 1 aromatic carbocycles. The number of rotatable bonds is 4. The minimum absolute atomic E-state index is 0.0954. The zero-order valence-electron chi connectivity index (χ0n) is 11.3. The molecule has 5 heteroatoms. The molecule has 2 rings (SSSR count). The predicted octanol–water partition coefficient (Wildman–Crippen LogP) is 3.58. The van der Waals surface area contributed by atoms with E-state index in [0.717, 1.165) is 21.6 Å². The normalized spacial score (nSPS) is 12.7. The Morgan fingerprint density at radius 1 is 1.37 bits per heavy atom. The molecule has 3 nitrogen and oxygen atoms in total. The van der Waals surface area contributed by atoms with Crippen LogP contribution in [0.3, 0.4) is 0 Å². The van der Waals surface area contributed by atoms with Crippen molar-refractivity contribution in [1.82, 2.24) is 10.4 Å². The van der Waals surface area contributed by atoms with Gasteiger partial charge in [-0.1, -0.05) is 22.0 Å². The molecule has 0 radical (unpaired) electrons. The monoisotopic (exact) mass is 339 g/mol. The zero-order valence-corrected chi connectivity index (χ0v) is 13.7. The second-order valence-electron chi connectivity index (χ2n) is 4.67. The summed E-state index contributed by atoms with van der Waals surface area (Å²) in [6.07, 6.45) is 0.818. The highest BCUT2D eigenvalue weighted by molar-refractivity contribution is 9.10. The van der Waals surface area contributed by atoms with Gasteiger partial charge in [-0.15, -0.1) is 11.3 Å². The van der Waals surface area contributed by atoms with E-state index in [1.807, 2.05) is 13.0 Å². The maximum atomic E-state index is 5.72. The number of nitrogens with two attached hydrogens (primary N) is 1. The number of halogens is 1. The van der Waals surface area contributed by atoms with E-state index >= 15 is 0 Å². The lowest BCUT2D eigenvalue weighted by Crippen LogP contribution is -2.30. The van der Waals surface area contributed by atoms with Gasteiger partial charge in [0.1, 0.15) is 0 Å². The number of benzene rings is 1. The van der Waals surface area contributed by atoms with Crippen LogP contribution in [-0.4, -0.2) is 4.98 Å². The van der Waals surface area contributed by atoms with Crippen molar-refractivity contribution in [3.8, 4) is 0 Å². The number of hydrogen-bond acceptors (Lipinski definition) is 4. The number of nitrogens with zero attached hydrogens (tertiary/aromatic N) is 1. The molecule has 102 valence electrons. The van der Waals surface area contributed by atoms with Gasteiger partial charge in [-0.2, -0.15) is 0 Å². The Morgan fingerprint density at radius 2 is 2.11 bits per heavy atom. The van der Waals surface area contributed by atoms with Gasteiger partial charge in [0.15, 0.2) is 0 Å². The molecule has 3 N–H and O–H groups in total. The summed E-state index contributed by atoms with van der Waals surface area (Å²) in [6.45, 7) is 6.25. The molecule has 0 saturated carbocycles. The van der Waals surface area contributed by atoms with Gasteiger partial charge in [0, 0.05) is 15.8 Å². The molecule has 1 aromatic heterocycles. The molecule has 19 heavy (non-hydrogen) atoms. The van der Waals surface area contributed by atoms with Gasteiger partial charge in [-0.3, -0.25) is 11.3 Å². The molecular weight excluding hydrogens is 322 g/mol. The highest BCUT2D eigenvalue weighted by Crippen LogP contribution is 2.26. The van der Waals surface area contributed by atoms with Gasteiger partial charge in [0.2, 0.25) is 0 Å². The van der Waals surface area contributed by atoms with Crippen LogP contribution in [0.1, 0.15) is 32.7 Å². The summed E-state index contributed by atoms with van der Waals surface area (Å²) in [5.41, 5.74) is 6.46. The Labute approximate surface area is 126 Å². The van der Waals surface area contributed by atoms with Crippen molar-refractivity contribution >= 4 is 27.3 Å². The molecule has 0 aliphatic rings. The van der Waals surface area contributed by atoms with E-state index in [9.17, 15) is 0 Å². The Hall–Kier alpha value is -0.750. The second-order valence-corrected chi connectivity index (χ2v) is 6.88. The molecule has 0 fully saturated rings. The first-order valence-corrected chi connectivity index (χ1v) is 7.77. The number of hydrogen-bond donors (Lipinski definition) is 2. The number of aryl methyl sites for hydroxylation is 3. The van der Waals surface area contributed by atoms with Crippen LogP contribution >= 0.6 is 27.3 Å². The number of hydrazine groups is 1. The first-order chi connectivity index (χ1) is 9.01. The van der Waals surface area contributed by atoms with Crippen LogP contribution in [0.15, 0.2) is 22.7 Å². The van der Waals surface area contributed by atoms with Gasteiger partial charge in [0.05, 0.1) is 16.7 Å². The number of thiazole rings is 1. The number of aromatic nitrogens is 1. The molecule has 0 spiro atoms. The summed E-state index contributed by atoms with van der Waals surface area (Å²) in [4.78, 5) is 5.86. The average molecular weight is 340 g/mol. The molecule has 0 amide bonds. The van der Waals surface area contributed by atoms with Gasteiger partial charge in [0.25, 0.3) is 0 Å². The minimum atomic E-state index is 0.0954. The second kappa shape index (κ2) is 6.13. The Kier molecular flexibility index (Phi) is 4.73. The van der Waals surface area contributed by atoms with Crippen LogP contribution in [0.25, 0.3) is 0 Å². The lowest BCUT2D eigenvalue weighted by atomic mass is 9.99. The summed E-state index contributed by atoms with van der Waals surface area (Å²) in [6, 6.07) is 6.36. The Morgan fingerprint density at radius 3 is 2.63 bits per heavy atom. The molecule has 0 aliphatic heterocycles. The fraction of sp³-hybridized carbons (Fsp3) is 0.357. The largest absolute Gasteiger partial charge is 0.271 e. The Bertz CT molecular complexity index is 561. The summed E-state index contributed by atoms with van der Waals surface area (Å²) >= 11 is 5.23. The van der Waals surface area contributed by atoms with E-state index in [1.165, 1.54) is 16.0 Å². The summed E-state index contributed by atoms with van der Waals surface area (Å²) in [5, 5.41) is 1.13. The van der Waals surface area contributed by atoms with E-state index in [0.29, 0.717) is 0 Å². The quantitative estimate of drug-likeness (QED) is 0.661. The predicted molar refractivity (Wildman–Crippen MR) is 84.2 cm³/mol. The van der Waals surface area contributed by atoms with Crippen LogP contribution in [0.4, 0.5) is 0 Å². The molecule has 2 aromatic rings. The Balaban J connectivity index is 2.24. The van der Waals surface area contributed by atoms with Crippen LogP contribution in [0.5, 0.6) is 0 Å². The molecule has 0 saturated heterocycles. The van der Waals surface area contributed by atoms with Gasteiger partial charge < -0.3 is 0 Å². The molecule has 0 aliphatic carbocycles. The highest BCUT2D eigenvalue weighted by Gasteiger charge is 2.15. The maximum Gasteiger partial charge on any atom is 0.0950 e. The molecular formula is C14H18BrN3S. The van der Waals surface area contributed by atoms with Crippen molar-refractivity contribution in [2.75, 3.05) is 0 Å². The molecule has 1 atom stereocenters. The maximum absolute atomic E-state index is 5.72. The third-order valence-corrected chi connectivity index (χ3v) is 4.85. The fourth-order valence-electron chi connectivity index (χ4n) is 2.09.